The predicted octanol–water partition coefficient (Wildman–Crippen LogP) is 4.09. The Balaban J connectivity index is 1.74. The fourth-order valence-corrected chi connectivity index (χ4v) is 3.97. The van der Waals surface area contributed by atoms with Gasteiger partial charge in [-0.15, -0.1) is 0 Å². The molecule has 4 rings (SSSR count). The molecule has 3 aromatic heterocycles. The van der Waals surface area contributed by atoms with E-state index in [1.165, 1.54) is 0 Å². The fourth-order valence-electron chi connectivity index (χ4n) is 3.97. The molecule has 1 aliphatic rings. The van der Waals surface area contributed by atoms with E-state index in [0.717, 1.165) is 39.8 Å². The molecule has 4 heterocycles. The van der Waals surface area contributed by atoms with Crippen molar-refractivity contribution >= 4 is 16.7 Å². The SMILES string of the molecule is CC[C@H](N)c1cnc(OC)c2cnc(Cc3ccc4c(n3)[C@@H](C)C(C)(C)OC4=O)cc12. The number of nitrogens with zero attached hydrogens (tertiary/aromatic N) is 3. The Labute approximate surface area is 182 Å². The van der Waals surface area contributed by atoms with Crippen LogP contribution in [0.15, 0.2) is 30.6 Å². The van der Waals surface area contributed by atoms with Crippen molar-refractivity contribution in [3.63, 3.8) is 0 Å². The van der Waals surface area contributed by atoms with Crippen LogP contribution < -0.4 is 10.5 Å². The van der Waals surface area contributed by atoms with Gasteiger partial charge in [0.15, 0.2) is 0 Å². The Morgan fingerprint density at radius 3 is 2.68 bits per heavy atom. The number of cyclic esters (lactones) is 1. The van der Waals surface area contributed by atoms with Crippen LogP contribution in [0, 0.1) is 0 Å². The summed E-state index contributed by atoms with van der Waals surface area (Å²) < 4.78 is 11.0. The molecule has 7 heteroatoms. The van der Waals surface area contributed by atoms with E-state index in [1.54, 1.807) is 25.6 Å². The first kappa shape index (κ1) is 21.2. The van der Waals surface area contributed by atoms with Gasteiger partial charge >= 0.3 is 5.97 Å². The quantitative estimate of drug-likeness (QED) is 0.621. The van der Waals surface area contributed by atoms with Crippen molar-refractivity contribution in [2.24, 2.45) is 5.73 Å². The van der Waals surface area contributed by atoms with Gasteiger partial charge in [-0.3, -0.25) is 9.97 Å². The van der Waals surface area contributed by atoms with Crippen LogP contribution in [-0.4, -0.2) is 33.6 Å². The third kappa shape index (κ3) is 3.74. The van der Waals surface area contributed by atoms with Gasteiger partial charge in [-0.05, 0) is 49.4 Å². The van der Waals surface area contributed by atoms with Gasteiger partial charge in [-0.2, -0.15) is 0 Å². The Bertz CT molecular complexity index is 1160. The van der Waals surface area contributed by atoms with E-state index >= 15 is 0 Å². The van der Waals surface area contributed by atoms with Crippen molar-refractivity contribution in [1.82, 2.24) is 15.0 Å². The lowest BCUT2D eigenvalue weighted by molar-refractivity contribution is -0.0190. The maximum absolute atomic E-state index is 12.3. The van der Waals surface area contributed by atoms with Crippen LogP contribution in [-0.2, 0) is 11.2 Å². The van der Waals surface area contributed by atoms with E-state index in [0.29, 0.717) is 17.9 Å². The van der Waals surface area contributed by atoms with E-state index in [2.05, 4.69) is 9.97 Å². The zero-order chi connectivity index (χ0) is 22.3. The topological polar surface area (TPSA) is 100 Å². The molecule has 0 saturated heterocycles. The van der Waals surface area contributed by atoms with Crippen LogP contribution in [0.2, 0.25) is 0 Å². The Hall–Kier alpha value is -3.06. The molecule has 162 valence electrons. The predicted molar refractivity (Wildman–Crippen MR) is 118 cm³/mol. The van der Waals surface area contributed by atoms with Gasteiger partial charge in [0.25, 0.3) is 0 Å². The first-order valence-electron chi connectivity index (χ1n) is 10.6. The molecular formula is C24H28N4O3. The van der Waals surface area contributed by atoms with Crippen molar-refractivity contribution < 1.29 is 14.3 Å². The molecule has 7 nitrogen and oxygen atoms in total. The van der Waals surface area contributed by atoms with Crippen molar-refractivity contribution in [2.75, 3.05) is 7.11 Å². The number of hydrogen-bond acceptors (Lipinski definition) is 7. The normalized spacial score (nSPS) is 18.4. The molecule has 2 atom stereocenters. The maximum atomic E-state index is 12.3. The lowest BCUT2D eigenvalue weighted by Gasteiger charge is -2.36. The lowest BCUT2D eigenvalue weighted by Crippen LogP contribution is -2.39. The average molecular weight is 421 g/mol. The number of carbonyl (C=O) groups is 1. The molecule has 0 amide bonds. The molecule has 0 radical (unpaired) electrons. The number of fused-ring (bicyclic) bond motifs is 2. The van der Waals surface area contributed by atoms with Crippen molar-refractivity contribution in [2.45, 2.75) is 58.1 Å². The second-order valence-corrected chi connectivity index (χ2v) is 8.59. The molecule has 0 unspecified atom stereocenters. The molecule has 0 saturated carbocycles. The van der Waals surface area contributed by atoms with Crippen LogP contribution in [0.25, 0.3) is 10.8 Å². The number of pyridine rings is 3. The molecule has 0 fully saturated rings. The number of carbonyl (C=O) groups excluding carboxylic acids is 1. The first-order valence-corrected chi connectivity index (χ1v) is 10.6. The van der Waals surface area contributed by atoms with Gasteiger partial charge < -0.3 is 15.2 Å². The van der Waals surface area contributed by atoms with Gasteiger partial charge in [-0.25, -0.2) is 9.78 Å². The van der Waals surface area contributed by atoms with E-state index in [1.807, 2.05) is 39.8 Å². The Kier molecular flexibility index (Phi) is 5.39. The number of rotatable bonds is 5. The number of ether oxygens (including phenoxy) is 2. The minimum absolute atomic E-state index is 0.00537. The highest BCUT2D eigenvalue weighted by molar-refractivity contribution is 5.92. The van der Waals surface area contributed by atoms with E-state index in [-0.39, 0.29) is 17.9 Å². The van der Waals surface area contributed by atoms with Crippen molar-refractivity contribution in [1.29, 1.82) is 0 Å². The number of aromatic nitrogens is 3. The fraction of sp³-hybridized carbons (Fsp3) is 0.417. The summed E-state index contributed by atoms with van der Waals surface area (Å²) in [6, 6.07) is 5.58. The van der Waals surface area contributed by atoms with Crippen molar-refractivity contribution in [3.05, 3.63) is 58.8 Å². The standard InChI is InChI=1S/C24H28N4O3/c1-6-20(25)18-11-27-22(30-5)19-12-26-15(10-17(18)19)9-14-7-8-16-21(28-14)13(2)24(3,4)31-23(16)29/h7-8,10-13,20H,6,9,25H2,1-5H3/t13-,20+/m1/s1. The number of esters is 1. The number of nitrogens with two attached hydrogens (primary N) is 1. The molecule has 0 bridgehead atoms. The summed E-state index contributed by atoms with van der Waals surface area (Å²) in [5.41, 5.74) is 9.74. The first-order chi connectivity index (χ1) is 14.7. The summed E-state index contributed by atoms with van der Waals surface area (Å²) in [4.78, 5) is 26.2. The summed E-state index contributed by atoms with van der Waals surface area (Å²) in [7, 11) is 1.60. The summed E-state index contributed by atoms with van der Waals surface area (Å²) in [6.45, 7) is 7.91. The smallest absolute Gasteiger partial charge is 0.340 e. The highest BCUT2D eigenvalue weighted by atomic mass is 16.6. The monoisotopic (exact) mass is 420 g/mol. The molecule has 0 aromatic carbocycles. The Morgan fingerprint density at radius 2 is 1.97 bits per heavy atom. The number of methoxy groups -OCH3 is 1. The van der Waals surface area contributed by atoms with Crippen molar-refractivity contribution in [3.8, 4) is 5.88 Å². The lowest BCUT2D eigenvalue weighted by atomic mass is 9.84. The highest BCUT2D eigenvalue weighted by Crippen LogP contribution is 2.37. The van der Waals surface area contributed by atoms with E-state index in [9.17, 15) is 4.79 Å². The van der Waals surface area contributed by atoms with Crippen LogP contribution >= 0.6 is 0 Å². The Morgan fingerprint density at radius 1 is 1.19 bits per heavy atom. The van der Waals surface area contributed by atoms with Crippen LogP contribution in [0.5, 0.6) is 5.88 Å². The summed E-state index contributed by atoms with van der Waals surface area (Å²) >= 11 is 0. The average Bonchev–Trinajstić information content (AvgIpc) is 2.75. The van der Waals surface area contributed by atoms with Crippen LogP contribution in [0.4, 0.5) is 0 Å². The molecule has 1 aliphatic heterocycles. The highest BCUT2D eigenvalue weighted by Gasteiger charge is 2.40. The molecule has 0 aliphatic carbocycles. The summed E-state index contributed by atoms with van der Waals surface area (Å²) in [5.74, 6) is 0.204. The van der Waals surface area contributed by atoms with Crippen LogP contribution in [0.1, 0.15) is 79.1 Å². The summed E-state index contributed by atoms with van der Waals surface area (Å²) in [6.07, 6.45) is 4.91. The molecular weight excluding hydrogens is 392 g/mol. The third-order valence-corrected chi connectivity index (χ3v) is 6.23. The van der Waals surface area contributed by atoms with Gasteiger partial charge in [0.2, 0.25) is 5.88 Å². The summed E-state index contributed by atoms with van der Waals surface area (Å²) in [5, 5.41) is 1.83. The van der Waals surface area contributed by atoms with Gasteiger partial charge in [-0.1, -0.05) is 13.8 Å². The molecule has 31 heavy (non-hydrogen) atoms. The van der Waals surface area contributed by atoms with Gasteiger partial charge in [0.05, 0.1) is 23.8 Å². The van der Waals surface area contributed by atoms with E-state index < -0.39 is 5.60 Å². The van der Waals surface area contributed by atoms with E-state index in [4.69, 9.17) is 20.2 Å². The molecule has 0 spiro atoms. The minimum Gasteiger partial charge on any atom is -0.481 e. The second kappa shape index (κ2) is 7.89. The largest absolute Gasteiger partial charge is 0.481 e. The van der Waals surface area contributed by atoms with Gasteiger partial charge in [0, 0.05) is 42.2 Å². The molecule has 2 N–H and O–H groups in total. The number of hydrogen-bond donors (Lipinski definition) is 1. The zero-order valence-corrected chi connectivity index (χ0v) is 18.6. The maximum Gasteiger partial charge on any atom is 0.340 e. The second-order valence-electron chi connectivity index (χ2n) is 8.59. The molecule has 3 aromatic rings. The van der Waals surface area contributed by atoms with Gasteiger partial charge in [0.1, 0.15) is 5.60 Å². The third-order valence-electron chi connectivity index (χ3n) is 6.23. The zero-order valence-electron chi connectivity index (χ0n) is 18.6. The van der Waals surface area contributed by atoms with Crippen LogP contribution in [0.3, 0.4) is 0 Å². The minimum atomic E-state index is -0.592.